The van der Waals surface area contributed by atoms with Crippen LogP contribution in [-0.2, 0) is 6.54 Å². The van der Waals surface area contributed by atoms with E-state index < -0.39 is 6.61 Å². The topological polar surface area (TPSA) is 41.5 Å². The molecule has 0 bridgehead atoms. The van der Waals surface area contributed by atoms with Crippen LogP contribution < -0.4 is 10.1 Å². The van der Waals surface area contributed by atoms with Crippen molar-refractivity contribution in [3.63, 3.8) is 0 Å². The number of alkyl halides is 2. The number of benzene rings is 1. The second-order valence-electron chi connectivity index (χ2n) is 5.95. The summed E-state index contributed by atoms with van der Waals surface area (Å²) in [6.07, 6.45) is 6.49. The van der Waals surface area contributed by atoms with E-state index in [0.29, 0.717) is 12.5 Å². The Morgan fingerprint density at radius 1 is 1.18 bits per heavy atom. The van der Waals surface area contributed by atoms with Crippen molar-refractivity contribution in [3.05, 3.63) is 29.8 Å². The number of aliphatic hydroxyl groups is 1. The van der Waals surface area contributed by atoms with Crippen molar-refractivity contribution < 1.29 is 18.6 Å². The summed E-state index contributed by atoms with van der Waals surface area (Å²) < 4.78 is 28.4. The van der Waals surface area contributed by atoms with Crippen LogP contribution in [0.15, 0.2) is 24.3 Å². The number of ether oxygens (including phenoxy) is 1. The van der Waals surface area contributed by atoms with Gasteiger partial charge in [-0.1, -0.05) is 25.0 Å². The van der Waals surface area contributed by atoms with Gasteiger partial charge in [0, 0.05) is 6.54 Å². The summed E-state index contributed by atoms with van der Waals surface area (Å²) in [4.78, 5) is 0. The molecule has 0 heterocycles. The van der Waals surface area contributed by atoms with E-state index in [4.69, 9.17) is 0 Å². The molecule has 0 saturated heterocycles. The summed E-state index contributed by atoms with van der Waals surface area (Å²) in [5.41, 5.74) is 1.04. The lowest BCUT2D eigenvalue weighted by molar-refractivity contribution is -0.0498. The summed E-state index contributed by atoms with van der Waals surface area (Å²) in [7, 11) is 0. The molecule has 1 aliphatic carbocycles. The van der Waals surface area contributed by atoms with Gasteiger partial charge >= 0.3 is 6.61 Å². The van der Waals surface area contributed by atoms with Crippen LogP contribution >= 0.6 is 0 Å². The van der Waals surface area contributed by atoms with Gasteiger partial charge in [0.2, 0.25) is 0 Å². The number of nitrogens with one attached hydrogen (secondary N) is 1. The molecule has 0 spiro atoms. The molecule has 2 atom stereocenters. The first kappa shape index (κ1) is 17.2. The maximum absolute atomic E-state index is 12.0. The number of hydrogen-bond donors (Lipinski definition) is 2. The third-order valence-corrected chi connectivity index (χ3v) is 4.28. The van der Waals surface area contributed by atoms with Gasteiger partial charge in [-0.2, -0.15) is 8.78 Å². The Labute approximate surface area is 130 Å². The van der Waals surface area contributed by atoms with Crippen LogP contribution in [0.1, 0.15) is 44.1 Å². The predicted octanol–water partition coefficient (Wildman–Crippen LogP) is 3.71. The third-order valence-electron chi connectivity index (χ3n) is 4.28. The lowest BCUT2D eigenvalue weighted by Gasteiger charge is -2.27. The molecule has 22 heavy (non-hydrogen) atoms. The maximum Gasteiger partial charge on any atom is 0.387 e. The van der Waals surface area contributed by atoms with Crippen LogP contribution in [-0.4, -0.2) is 24.4 Å². The number of rotatable bonds is 8. The highest BCUT2D eigenvalue weighted by Gasteiger charge is 2.21. The lowest BCUT2D eigenvalue weighted by atomic mass is 9.83. The smallest absolute Gasteiger partial charge is 0.387 e. The molecule has 2 rings (SSSR count). The minimum absolute atomic E-state index is 0.115. The normalized spacial score (nSPS) is 22.0. The third kappa shape index (κ3) is 5.89. The summed E-state index contributed by atoms with van der Waals surface area (Å²) in [5, 5.41) is 13.3. The Hall–Kier alpha value is -1.20. The fourth-order valence-corrected chi connectivity index (χ4v) is 3.04. The highest BCUT2D eigenvalue weighted by Crippen LogP contribution is 2.27. The van der Waals surface area contributed by atoms with Crippen LogP contribution in [0.25, 0.3) is 0 Å². The number of halogens is 2. The van der Waals surface area contributed by atoms with Gasteiger partial charge in [0.25, 0.3) is 0 Å². The molecule has 1 aromatic carbocycles. The lowest BCUT2D eigenvalue weighted by Crippen LogP contribution is -2.25. The van der Waals surface area contributed by atoms with Crippen molar-refractivity contribution in [1.82, 2.24) is 5.32 Å². The largest absolute Gasteiger partial charge is 0.435 e. The zero-order valence-corrected chi connectivity index (χ0v) is 12.8. The van der Waals surface area contributed by atoms with E-state index in [1.54, 1.807) is 24.3 Å². The maximum atomic E-state index is 12.0. The Morgan fingerprint density at radius 3 is 2.59 bits per heavy atom. The summed E-state index contributed by atoms with van der Waals surface area (Å²) in [5.74, 6) is 0.645. The van der Waals surface area contributed by atoms with Gasteiger partial charge in [0.1, 0.15) is 5.75 Å². The Kier molecular flexibility index (Phi) is 7.06. The zero-order chi connectivity index (χ0) is 15.8. The molecule has 0 aromatic heterocycles. The Bertz CT molecular complexity index is 425. The van der Waals surface area contributed by atoms with Crippen LogP contribution in [0, 0.1) is 5.92 Å². The molecular weight excluding hydrogens is 288 g/mol. The molecule has 1 saturated carbocycles. The molecule has 0 aliphatic heterocycles. The molecule has 0 amide bonds. The number of hydrogen-bond acceptors (Lipinski definition) is 3. The quantitative estimate of drug-likeness (QED) is 0.719. The van der Waals surface area contributed by atoms with Crippen LogP contribution in [0.5, 0.6) is 5.75 Å². The van der Waals surface area contributed by atoms with E-state index in [0.717, 1.165) is 44.2 Å². The number of aliphatic hydroxyl groups excluding tert-OH is 1. The summed E-state index contributed by atoms with van der Waals surface area (Å²) in [6.45, 7) is -1.17. The molecular formula is C17H25F2NO2. The predicted molar refractivity (Wildman–Crippen MR) is 82.0 cm³/mol. The van der Waals surface area contributed by atoms with E-state index >= 15 is 0 Å². The van der Waals surface area contributed by atoms with Crippen LogP contribution in [0.4, 0.5) is 8.78 Å². The van der Waals surface area contributed by atoms with Gasteiger partial charge in [0.05, 0.1) is 6.10 Å². The molecule has 124 valence electrons. The van der Waals surface area contributed by atoms with Gasteiger partial charge in [-0.3, -0.25) is 0 Å². The highest BCUT2D eigenvalue weighted by atomic mass is 19.3. The highest BCUT2D eigenvalue weighted by molar-refractivity contribution is 5.27. The summed E-state index contributed by atoms with van der Waals surface area (Å²) in [6, 6.07) is 6.69. The Balaban J connectivity index is 1.60. The van der Waals surface area contributed by atoms with Gasteiger partial charge in [-0.15, -0.1) is 0 Å². The van der Waals surface area contributed by atoms with E-state index in [-0.39, 0.29) is 11.9 Å². The van der Waals surface area contributed by atoms with Crippen LogP contribution in [0.2, 0.25) is 0 Å². The molecule has 1 fully saturated rings. The van der Waals surface area contributed by atoms with Crippen molar-refractivity contribution in [3.8, 4) is 5.75 Å². The van der Waals surface area contributed by atoms with Gasteiger partial charge in [0.15, 0.2) is 0 Å². The van der Waals surface area contributed by atoms with Gasteiger partial charge in [-0.25, -0.2) is 0 Å². The first-order valence-electron chi connectivity index (χ1n) is 8.07. The van der Waals surface area contributed by atoms with E-state index in [2.05, 4.69) is 10.1 Å². The molecule has 2 unspecified atom stereocenters. The van der Waals surface area contributed by atoms with Crippen molar-refractivity contribution in [1.29, 1.82) is 0 Å². The SMILES string of the molecule is OC1CCCCC1CCCNCc1ccc(OC(F)F)cc1. The van der Waals surface area contributed by atoms with Crippen molar-refractivity contribution in [2.75, 3.05) is 6.54 Å². The second-order valence-corrected chi connectivity index (χ2v) is 5.95. The molecule has 0 radical (unpaired) electrons. The monoisotopic (exact) mass is 313 g/mol. The minimum atomic E-state index is -2.78. The zero-order valence-electron chi connectivity index (χ0n) is 12.8. The fourth-order valence-electron chi connectivity index (χ4n) is 3.04. The van der Waals surface area contributed by atoms with Gasteiger partial charge in [-0.05, 0) is 55.8 Å². The Morgan fingerprint density at radius 2 is 1.91 bits per heavy atom. The first-order valence-corrected chi connectivity index (χ1v) is 8.07. The van der Waals surface area contributed by atoms with Crippen LogP contribution in [0.3, 0.4) is 0 Å². The second kappa shape index (κ2) is 9.06. The van der Waals surface area contributed by atoms with E-state index in [1.165, 1.54) is 6.42 Å². The molecule has 3 nitrogen and oxygen atoms in total. The van der Waals surface area contributed by atoms with Crippen molar-refractivity contribution >= 4 is 0 Å². The average molecular weight is 313 g/mol. The fraction of sp³-hybridized carbons (Fsp3) is 0.647. The molecule has 1 aliphatic rings. The average Bonchev–Trinajstić information content (AvgIpc) is 2.50. The summed E-state index contributed by atoms with van der Waals surface area (Å²) >= 11 is 0. The van der Waals surface area contributed by atoms with Crippen molar-refractivity contribution in [2.24, 2.45) is 5.92 Å². The molecule has 1 aromatic rings. The minimum Gasteiger partial charge on any atom is -0.435 e. The van der Waals surface area contributed by atoms with E-state index in [9.17, 15) is 13.9 Å². The van der Waals surface area contributed by atoms with Gasteiger partial charge < -0.3 is 15.2 Å². The molecule has 5 heteroatoms. The first-order chi connectivity index (χ1) is 10.6. The van der Waals surface area contributed by atoms with Crippen molar-refractivity contribution in [2.45, 2.75) is 57.8 Å². The van der Waals surface area contributed by atoms with E-state index in [1.807, 2.05) is 0 Å². The molecule has 2 N–H and O–H groups in total. The standard InChI is InChI=1S/C17H25F2NO2/c18-17(19)22-15-9-7-13(8-10-15)12-20-11-3-5-14-4-1-2-6-16(14)21/h7-10,14,16-17,20-21H,1-6,11-12H2.